The van der Waals surface area contributed by atoms with Crippen molar-refractivity contribution >= 4 is 27.2 Å². The monoisotopic (exact) mass is 381 g/mol. The van der Waals surface area contributed by atoms with E-state index in [0.29, 0.717) is 23.0 Å². The van der Waals surface area contributed by atoms with Crippen LogP contribution in [-0.2, 0) is 10.0 Å². The number of aromatic nitrogens is 1. The van der Waals surface area contributed by atoms with Crippen LogP contribution in [0.4, 0.5) is 17.2 Å². The summed E-state index contributed by atoms with van der Waals surface area (Å²) in [5, 5.41) is 3.30. The van der Waals surface area contributed by atoms with E-state index in [0.717, 1.165) is 5.69 Å². The fourth-order valence-corrected chi connectivity index (χ4v) is 4.14. The van der Waals surface area contributed by atoms with Gasteiger partial charge in [-0.1, -0.05) is 50.2 Å². The maximum absolute atomic E-state index is 12.6. The van der Waals surface area contributed by atoms with Crippen molar-refractivity contribution in [2.75, 3.05) is 10.0 Å². The average molecular weight is 382 g/mol. The molecular formula is C21H23N3O2S. The molecule has 0 radical (unpaired) electrons. The van der Waals surface area contributed by atoms with Gasteiger partial charge in [-0.05, 0) is 48.2 Å². The summed E-state index contributed by atoms with van der Waals surface area (Å²) in [6, 6.07) is 18.4. The third-order valence-electron chi connectivity index (χ3n) is 4.24. The molecule has 3 rings (SSSR count). The molecule has 0 saturated carbocycles. The minimum atomic E-state index is -3.64. The van der Waals surface area contributed by atoms with Gasteiger partial charge in [-0.2, -0.15) is 0 Å². The van der Waals surface area contributed by atoms with E-state index in [4.69, 9.17) is 0 Å². The number of nitrogens with one attached hydrogen (secondary N) is 2. The molecule has 6 heteroatoms. The smallest absolute Gasteiger partial charge is 0.262 e. The molecule has 0 atom stereocenters. The van der Waals surface area contributed by atoms with Crippen LogP contribution in [-0.4, -0.2) is 13.4 Å². The second-order valence-electron chi connectivity index (χ2n) is 6.67. The summed E-state index contributed by atoms with van der Waals surface area (Å²) in [6.07, 6.45) is 1.51. The van der Waals surface area contributed by atoms with Crippen molar-refractivity contribution in [3.05, 3.63) is 78.0 Å². The zero-order valence-corrected chi connectivity index (χ0v) is 16.4. The normalized spacial score (nSPS) is 11.4. The highest BCUT2D eigenvalue weighted by atomic mass is 32.2. The molecule has 0 aliphatic carbocycles. The Morgan fingerprint density at radius 1 is 0.926 bits per heavy atom. The number of benzene rings is 2. The van der Waals surface area contributed by atoms with Gasteiger partial charge in [0, 0.05) is 5.69 Å². The first kappa shape index (κ1) is 18.9. The molecule has 0 aliphatic rings. The highest BCUT2D eigenvalue weighted by Crippen LogP contribution is 2.26. The van der Waals surface area contributed by atoms with E-state index in [9.17, 15) is 8.42 Å². The fraction of sp³-hybridized carbons (Fsp3) is 0.190. The third kappa shape index (κ3) is 4.46. The van der Waals surface area contributed by atoms with Gasteiger partial charge in [0.2, 0.25) is 0 Å². The van der Waals surface area contributed by atoms with E-state index in [1.54, 1.807) is 37.3 Å². The number of hydrogen-bond acceptors (Lipinski definition) is 4. The van der Waals surface area contributed by atoms with Crippen molar-refractivity contribution in [3.63, 3.8) is 0 Å². The average Bonchev–Trinajstić information content (AvgIpc) is 2.63. The Balaban J connectivity index is 1.78. The largest absolute Gasteiger partial charge is 0.340 e. The molecule has 2 aromatic carbocycles. The zero-order valence-electron chi connectivity index (χ0n) is 15.6. The van der Waals surface area contributed by atoms with Gasteiger partial charge in [0.1, 0.15) is 5.82 Å². The topological polar surface area (TPSA) is 71.1 Å². The Bertz CT molecular complexity index is 1030. The lowest BCUT2D eigenvalue weighted by Gasteiger charge is -2.14. The molecule has 0 amide bonds. The van der Waals surface area contributed by atoms with E-state index in [1.807, 2.05) is 24.3 Å². The maximum Gasteiger partial charge on any atom is 0.262 e. The van der Waals surface area contributed by atoms with Crippen LogP contribution in [0.3, 0.4) is 0 Å². The molecule has 0 aliphatic heterocycles. The number of nitrogens with zero attached hydrogens (tertiary/aromatic N) is 1. The second kappa shape index (κ2) is 7.80. The van der Waals surface area contributed by atoms with Crippen molar-refractivity contribution in [2.45, 2.75) is 31.6 Å². The summed E-state index contributed by atoms with van der Waals surface area (Å²) in [5.41, 5.74) is 3.30. The van der Waals surface area contributed by atoms with Gasteiger partial charge < -0.3 is 5.32 Å². The van der Waals surface area contributed by atoms with Crippen molar-refractivity contribution in [3.8, 4) is 0 Å². The molecule has 5 nitrogen and oxygen atoms in total. The van der Waals surface area contributed by atoms with Crippen LogP contribution in [0.2, 0.25) is 0 Å². The quantitative estimate of drug-likeness (QED) is 0.626. The number of hydrogen-bond donors (Lipinski definition) is 2. The van der Waals surface area contributed by atoms with E-state index < -0.39 is 10.0 Å². The Labute approximate surface area is 160 Å². The summed E-state index contributed by atoms with van der Waals surface area (Å²) in [7, 11) is -3.64. The predicted octanol–water partition coefficient (Wildman–Crippen LogP) is 5.06. The van der Waals surface area contributed by atoms with Crippen LogP contribution in [0, 0.1) is 6.92 Å². The summed E-state index contributed by atoms with van der Waals surface area (Å²) in [6.45, 7) is 6.04. The number of pyridine rings is 1. The molecule has 3 aromatic rings. The van der Waals surface area contributed by atoms with Gasteiger partial charge in [0.25, 0.3) is 10.0 Å². The summed E-state index contributed by atoms with van der Waals surface area (Å²) in [4.78, 5) is 4.60. The summed E-state index contributed by atoms with van der Waals surface area (Å²) in [5.74, 6) is 1.04. The molecule has 2 N–H and O–H groups in total. The fourth-order valence-electron chi connectivity index (χ4n) is 2.85. The van der Waals surface area contributed by atoms with Crippen molar-refractivity contribution in [1.82, 2.24) is 4.98 Å². The Morgan fingerprint density at radius 2 is 1.63 bits per heavy atom. The Morgan fingerprint density at radius 3 is 2.30 bits per heavy atom. The van der Waals surface area contributed by atoms with Crippen LogP contribution in [0.5, 0.6) is 0 Å². The first-order chi connectivity index (χ1) is 12.9. The van der Waals surface area contributed by atoms with Crippen molar-refractivity contribution < 1.29 is 8.42 Å². The second-order valence-corrected chi connectivity index (χ2v) is 8.32. The molecule has 140 valence electrons. The van der Waals surface area contributed by atoms with Gasteiger partial charge in [0.15, 0.2) is 0 Å². The van der Waals surface area contributed by atoms with Crippen LogP contribution in [0.15, 0.2) is 71.8 Å². The predicted molar refractivity (Wildman–Crippen MR) is 110 cm³/mol. The molecule has 1 aromatic heterocycles. The van der Waals surface area contributed by atoms with Gasteiger partial charge in [-0.25, -0.2) is 13.4 Å². The highest BCUT2D eigenvalue weighted by Gasteiger charge is 2.16. The van der Waals surface area contributed by atoms with E-state index in [-0.39, 0.29) is 4.90 Å². The van der Waals surface area contributed by atoms with Gasteiger partial charge >= 0.3 is 0 Å². The van der Waals surface area contributed by atoms with Crippen LogP contribution in [0.25, 0.3) is 0 Å². The zero-order chi connectivity index (χ0) is 19.4. The lowest BCUT2D eigenvalue weighted by atomic mass is 10.0. The Hall–Kier alpha value is -2.86. The SMILES string of the molecule is Cc1ccccc1S(=O)(=O)Nc1ccc(Nc2ccccc2C(C)C)nc1. The summed E-state index contributed by atoms with van der Waals surface area (Å²) >= 11 is 0. The molecule has 0 bridgehead atoms. The van der Waals surface area contributed by atoms with E-state index >= 15 is 0 Å². The first-order valence-electron chi connectivity index (χ1n) is 8.77. The van der Waals surface area contributed by atoms with Gasteiger partial charge in [0.05, 0.1) is 16.8 Å². The number of anilines is 3. The van der Waals surface area contributed by atoms with Gasteiger partial charge in [-0.15, -0.1) is 0 Å². The molecule has 27 heavy (non-hydrogen) atoms. The molecule has 0 unspecified atom stereocenters. The van der Waals surface area contributed by atoms with E-state index in [2.05, 4.69) is 34.9 Å². The third-order valence-corrected chi connectivity index (χ3v) is 5.79. The summed E-state index contributed by atoms with van der Waals surface area (Å²) < 4.78 is 27.7. The minimum absolute atomic E-state index is 0.262. The standard InChI is InChI=1S/C21H23N3O2S/c1-15(2)18-9-5-6-10-19(18)23-21-13-12-17(14-22-21)24-27(25,26)20-11-7-4-8-16(20)3/h4-15,24H,1-3H3,(H,22,23). The van der Waals surface area contributed by atoms with Crippen molar-refractivity contribution in [1.29, 1.82) is 0 Å². The molecule has 1 heterocycles. The van der Waals surface area contributed by atoms with Gasteiger partial charge in [-0.3, -0.25) is 4.72 Å². The first-order valence-corrected chi connectivity index (χ1v) is 10.3. The van der Waals surface area contributed by atoms with E-state index in [1.165, 1.54) is 11.8 Å². The molecule has 0 spiro atoms. The number of sulfonamides is 1. The number of para-hydroxylation sites is 1. The molecule has 0 saturated heterocycles. The molecule has 0 fully saturated rings. The molecular weight excluding hydrogens is 358 g/mol. The maximum atomic E-state index is 12.6. The highest BCUT2D eigenvalue weighted by molar-refractivity contribution is 7.92. The van der Waals surface area contributed by atoms with Crippen molar-refractivity contribution in [2.24, 2.45) is 0 Å². The van der Waals surface area contributed by atoms with Crippen LogP contribution in [0.1, 0.15) is 30.9 Å². The van der Waals surface area contributed by atoms with Crippen LogP contribution < -0.4 is 10.0 Å². The number of rotatable bonds is 6. The van der Waals surface area contributed by atoms with Crippen LogP contribution >= 0.6 is 0 Å². The lowest BCUT2D eigenvalue weighted by Crippen LogP contribution is -2.14. The Kier molecular flexibility index (Phi) is 5.46. The number of aryl methyl sites for hydroxylation is 1. The minimum Gasteiger partial charge on any atom is -0.340 e. The lowest BCUT2D eigenvalue weighted by molar-refractivity contribution is 0.600.